The third-order valence-electron chi connectivity index (χ3n) is 7.15. The molecule has 5 nitrogen and oxygen atoms in total. The molecule has 1 unspecified atom stereocenters. The number of carbonyl (C=O) groups excluding carboxylic acids is 1. The van der Waals surface area contributed by atoms with Crippen LogP contribution in [-0.2, 0) is 4.79 Å². The quantitative estimate of drug-likeness (QED) is 0.494. The van der Waals surface area contributed by atoms with E-state index >= 15 is 0 Å². The summed E-state index contributed by atoms with van der Waals surface area (Å²) in [5.41, 5.74) is 3.15. The van der Waals surface area contributed by atoms with Crippen LogP contribution in [-0.4, -0.2) is 39.9 Å². The van der Waals surface area contributed by atoms with Gasteiger partial charge in [-0.3, -0.25) is 9.36 Å². The van der Waals surface area contributed by atoms with Crippen molar-refractivity contribution >= 4 is 32.7 Å². The van der Waals surface area contributed by atoms with Gasteiger partial charge in [-0.2, -0.15) is 0 Å². The Hall–Kier alpha value is -2.18. The van der Waals surface area contributed by atoms with Crippen molar-refractivity contribution in [1.29, 1.82) is 0 Å². The molecule has 2 fully saturated rings. The van der Waals surface area contributed by atoms with E-state index in [0.29, 0.717) is 24.0 Å². The monoisotopic (exact) mass is 495 g/mol. The predicted molar refractivity (Wildman–Crippen MR) is 131 cm³/mol. The van der Waals surface area contributed by atoms with Crippen LogP contribution in [0.4, 0.5) is 0 Å². The maximum absolute atomic E-state index is 12.8. The average molecular weight is 496 g/mol. The van der Waals surface area contributed by atoms with Crippen molar-refractivity contribution < 1.29 is 4.79 Å². The van der Waals surface area contributed by atoms with Gasteiger partial charge in [0.25, 0.3) is 0 Å². The van der Waals surface area contributed by atoms with Crippen molar-refractivity contribution in [1.82, 2.24) is 14.5 Å². The van der Waals surface area contributed by atoms with Crippen molar-refractivity contribution in [2.45, 2.75) is 44.6 Å². The van der Waals surface area contributed by atoms with Gasteiger partial charge >= 0.3 is 5.69 Å². The Labute approximate surface area is 196 Å². The number of aromatic amines is 1. The second kappa shape index (κ2) is 8.99. The Kier molecular flexibility index (Phi) is 6.08. The largest absolute Gasteiger partial charge is 0.326 e. The number of aromatic nitrogens is 2. The molecule has 1 saturated heterocycles. The van der Waals surface area contributed by atoms with Gasteiger partial charge in [-0.05, 0) is 54.9 Å². The molecule has 1 saturated carbocycles. The molecule has 1 aromatic heterocycles. The highest BCUT2D eigenvalue weighted by Gasteiger charge is 2.43. The number of nitrogens with one attached hydrogen (secondary N) is 1. The first kappa shape index (κ1) is 21.7. The lowest BCUT2D eigenvalue weighted by atomic mass is 9.97. The Bertz CT molecular complexity index is 1160. The van der Waals surface area contributed by atoms with Crippen LogP contribution in [0.5, 0.6) is 0 Å². The van der Waals surface area contributed by atoms with Gasteiger partial charge in [0.05, 0.1) is 11.0 Å². The molecule has 32 heavy (non-hydrogen) atoms. The summed E-state index contributed by atoms with van der Waals surface area (Å²) in [5, 5.41) is 0. The molecule has 5 rings (SSSR count). The SMILES string of the molecule is C[C@H](CC(=O)C1C[C@@H]1c1ccccc1)CN1CCC(n2c(=O)[nH]c3cc(Br)ccc32)CC1. The second-order valence-corrected chi connectivity index (χ2v) is 10.5. The number of imidazole rings is 1. The van der Waals surface area contributed by atoms with Gasteiger partial charge in [0, 0.05) is 42.5 Å². The van der Waals surface area contributed by atoms with Gasteiger partial charge in [0.1, 0.15) is 5.78 Å². The van der Waals surface area contributed by atoms with E-state index in [4.69, 9.17) is 0 Å². The first-order valence-corrected chi connectivity index (χ1v) is 12.5. The van der Waals surface area contributed by atoms with E-state index in [-0.39, 0.29) is 17.6 Å². The van der Waals surface area contributed by atoms with Gasteiger partial charge in [0.2, 0.25) is 0 Å². The van der Waals surface area contributed by atoms with Crippen LogP contribution in [0, 0.1) is 11.8 Å². The maximum Gasteiger partial charge on any atom is 0.326 e. The zero-order valence-corrected chi connectivity index (χ0v) is 20.1. The lowest BCUT2D eigenvalue weighted by Gasteiger charge is -2.34. The summed E-state index contributed by atoms with van der Waals surface area (Å²) in [4.78, 5) is 30.8. The third kappa shape index (κ3) is 4.48. The molecule has 1 aliphatic heterocycles. The van der Waals surface area contributed by atoms with Gasteiger partial charge in [0.15, 0.2) is 0 Å². The molecule has 1 N–H and O–H groups in total. The van der Waals surface area contributed by atoms with E-state index < -0.39 is 0 Å². The maximum atomic E-state index is 12.8. The second-order valence-electron chi connectivity index (χ2n) is 9.63. The molecule has 0 spiro atoms. The minimum Gasteiger partial charge on any atom is -0.305 e. The van der Waals surface area contributed by atoms with Crippen LogP contribution in [0.2, 0.25) is 0 Å². The number of nitrogens with zero attached hydrogens (tertiary/aromatic N) is 2. The minimum atomic E-state index is -0.0204. The molecule has 0 bridgehead atoms. The Morgan fingerprint density at radius 2 is 1.91 bits per heavy atom. The summed E-state index contributed by atoms with van der Waals surface area (Å²) in [5.74, 6) is 1.45. The normalized spacial score (nSPS) is 22.8. The van der Waals surface area contributed by atoms with Crippen LogP contribution in [0.1, 0.15) is 50.1 Å². The molecule has 2 aromatic carbocycles. The molecule has 168 valence electrons. The Balaban J connectivity index is 1.13. The summed E-state index contributed by atoms with van der Waals surface area (Å²) in [6.45, 7) is 5.09. The van der Waals surface area contributed by atoms with Crippen LogP contribution >= 0.6 is 15.9 Å². The topological polar surface area (TPSA) is 58.1 Å². The number of likely N-dealkylation sites (tertiary alicyclic amines) is 1. The number of hydrogen-bond acceptors (Lipinski definition) is 3. The van der Waals surface area contributed by atoms with Crippen molar-refractivity contribution in [3.8, 4) is 0 Å². The van der Waals surface area contributed by atoms with E-state index in [2.05, 4.69) is 57.0 Å². The third-order valence-corrected chi connectivity index (χ3v) is 7.65. The number of piperidine rings is 1. The molecular weight excluding hydrogens is 466 g/mol. The molecule has 3 atom stereocenters. The minimum absolute atomic E-state index is 0.0204. The standard InChI is InChI=1S/C26H30BrN3O2/c1-17(13-25(31)22-15-21(22)18-5-3-2-4-6-18)16-29-11-9-20(10-12-29)30-24-8-7-19(27)14-23(24)28-26(30)32/h2-8,14,17,20-22H,9-13,15-16H2,1H3,(H,28,32)/t17-,21-,22?/m1/s1. The molecule has 6 heteroatoms. The van der Waals surface area contributed by atoms with Crippen LogP contribution in [0.25, 0.3) is 11.0 Å². The molecule has 1 aliphatic carbocycles. The van der Waals surface area contributed by atoms with E-state index in [1.54, 1.807) is 0 Å². The molecule has 0 radical (unpaired) electrons. The van der Waals surface area contributed by atoms with E-state index in [1.807, 2.05) is 28.8 Å². The van der Waals surface area contributed by atoms with Crippen LogP contribution in [0.15, 0.2) is 57.8 Å². The number of H-pyrrole nitrogens is 1. The van der Waals surface area contributed by atoms with Gasteiger partial charge < -0.3 is 9.88 Å². The Morgan fingerprint density at radius 3 is 2.66 bits per heavy atom. The highest BCUT2D eigenvalue weighted by molar-refractivity contribution is 9.10. The van der Waals surface area contributed by atoms with E-state index in [0.717, 1.165) is 54.4 Å². The molecule has 0 amide bonds. The number of halogens is 1. The lowest BCUT2D eigenvalue weighted by Crippen LogP contribution is -2.39. The average Bonchev–Trinajstić information content (AvgIpc) is 3.52. The Morgan fingerprint density at radius 1 is 1.16 bits per heavy atom. The number of ketones is 1. The summed E-state index contributed by atoms with van der Waals surface area (Å²) in [7, 11) is 0. The zero-order chi connectivity index (χ0) is 22.2. The fourth-order valence-corrected chi connectivity index (χ4v) is 5.81. The fraction of sp³-hybridized carbons (Fsp3) is 0.462. The summed E-state index contributed by atoms with van der Waals surface area (Å²) in [6, 6.07) is 16.6. The summed E-state index contributed by atoms with van der Waals surface area (Å²) in [6.07, 6.45) is 3.60. The van der Waals surface area contributed by atoms with Crippen LogP contribution < -0.4 is 5.69 Å². The van der Waals surface area contributed by atoms with Crippen LogP contribution in [0.3, 0.4) is 0 Å². The smallest absolute Gasteiger partial charge is 0.305 e. The number of Topliss-reactive ketones (excluding diaryl/α,β-unsaturated/α-hetero) is 1. The van der Waals surface area contributed by atoms with Gasteiger partial charge in [-0.25, -0.2) is 4.79 Å². The van der Waals surface area contributed by atoms with Crippen molar-refractivity contribution in [3.05, 3.63) is 69.1 Å². The molecular formula is C26H30BrN3O2. The number of rotatable bonds is 7. The van der Waals surface area contributed by atoms with E-state index in [9.17, 15) is 9.59 Å². The number of benzene rings is 2. The summed E-state index contributed by atoms with van der Waals surface area (Å²) < 4.78 is 2.90. The predicted octanol–water partition coefficient (Wildman–Crippen LogP) is 5.13. The fourth-order valence-electron chi connectivity index (χ4n) is 5.45. The summed E-state index contributed by atoms with van der Waals surface area (Å²) >= 11 is 3.48. The molecule has 2 heterocycles. The van der Waals surface area contributed by atoms with E-state index in [1.165, 1.54) is 5.56 Å². The number of hydrogen-bond donors (Lipinski definition) is 1. The van der Waals surface area contributed by atoms with Gasteiger partial charge in [-0.15, -0.1) is 0 Å². The lowest BCUT2D eigenvalue weighted by molar-refractivity contribution is -0.121. The first-order valence-electron chi connectivity index (χ1n) is 11.7. The van der Waals surface area contributed by atoms with Crippen molar-refractivity contribution in [3.63, 3.8) is 0 Å². The highest BCUT2D eigenvalue weighted by Crippen LogP contribution is 2.48. The zero-order valence-electron chi connectivity index (χ0n) is 18.5. The van der Waals surface area contributed by atoms with Gasteiger partial charge in [-0.1, -0.05) is 53.2 Å². The highest BCUT2D eigenvalue weighted by atomic mass is 79.9. The van der Waals surface area contributed by atoms with Crippen molar-refractivity contribution in [2.24, 2.45) is 11.8 Å². The number of carbonyl (C=O) groups is 1. The van der Waals surface area contributed by atoms with Crippen molar-refractivity contribution in [2.75, 3.05) is 19.6 Å². The first-order chi connectivity index (χ1) is 15.5. The molecule has 2 aliphatic rings. The molecule has 3 aromatic rings. The number of fused-ring (bicyclic) bond motifs is 1.